The molecule has 1 aromatic heterocycles. The first-order valence-corrected chi connectivity index (χ1v) is 5.87. The Morgan fingerprint density at radius 1 is 1.53 bits per heavy atom. The topological polar surface area (TPSA) is 55.3 Å². The van der Waals surface area contributed by atoms with E-state index in [2.05, 4.69) is 9.97 Å². The molecule has 1 aliphatic heterocycles. The number of nitrogens with zero attached hydrogens (tertiary/aromatic N) is 3. The molecule has 17 heavy (non-hydrogen) atoms. The summed E-state index contributed by atoms with van der Waals surface area (Å²) in [5.41, 5.74) is 0.872. The standard InChI is InChI=1S/C12H17N3O2/c1-17-9-12(16)15-7-3-2-4-11(15)10-8-13-5-6-14-10/h5-6,8,11H,2-4,7,9H2,1H3/t11-/m0/s1. The molecule has 0 bridgehead atoms. The number of methoxy groups -OCH3 is 1. The summed E-state index contributed by atoms with van der Waals surface area (Å²) in [5, 5.41) is 0. The van der Waals surface area contributed by atoms with Crippen molar-refractivity contribution in [1.82, 2.24) is 14.9 Å². The maximum atomic E-state index is 11.9. The normalized spacial score (nSPS) is 20.3. The number of likely N-dealkylation sites (tertiary alicyclic amines) is 1. The fourth-order valence-electron chi connectivity index (χ4n) is 2.23. The van der Waals surface area contributed by atoms with Gasteiger partial charge >= 0.3 is 0 Å². The third-order valence-corrected chi connectivity index (χ3v) is 3.02. The molecule has 0 aliphatic carbocycles. The zero-order chi connectivity index (χ0) is 12.1. The molecule has 5 nitrogen and oxygen atoms in total. The van der Waals surface area contributed by atoms with Gasteiger partial charge in [-0.3, -0.25) is 14.8 Å². The highest BCUT2D eigenvalue weighted by atomic mass is 16.5. The first kappa shape index (κ1) is 12.0. The van der Waals surface area contributed by atoms with Gasteiger partial charge < -0.3 is 9.64 Å². The fourth-order valence-corrected chi connectivity index (χ4v) is 2.23. The first-order chi connectivity index (χ1) is 8.33. The minimum absolute atomic E-state index is 0.0304. The van der Waals surface area contributed by atoms with Gasteiger partial charge in [0, 0.05) is 26.0 Å². The molecule has 0 N–H and O–H groups in total. The van der Waals surface area contributed by atoms with E-state index in [1.54, 1.807) is 25.7 Å². The molecule has 1 atom stereocenters. The van der Waals surface area contributed by atoms with Crippen molar-refractivity contribution in [2.24, 2.45) is 0 Å². The van der Waals surface area contributed by atoms with Crippen molar-refractivity contribution in [1.29, 1.82) is 0 Å². The number of rotatable bonds is 3. The van der Waals surface area contributed by atoms with Gasteiger partial charge in [0.05, 0.1) is 17.9 Å². The summed E-state index contributed by atoms with van der Waals surface area (Å²) in [6, 6.07) is 0.0556. The van der Waals surface area contributed by atoms with Crippen LogP contribution in [0.4, 0.5) is 0 Å². The van der Waals surface area contributed by atoms with E-state index in [9.17, 15) is 4.79 Å². The monoisotopic (exact) mass is 235 g/mol. The van der Waals surface area contributed by atoms with E-state index < -0.39 is 0 Å². The lowest BCUT2D eigenvalue weighted by atomic mass is 9.99. The minimum Gasteiger partial charge on any atom is -0.375 e. The molecule has 1 amide bonds. The van der Waals surface area contributed by atoms with E-state index in [0.717, 1.165) is 31.5 Å². The predicted molar refractivity (Wildman–Crippen MR) is 62.2 cm³/mol. The Labute approximate surface area is 101 Å². The molecule has 1 saturated heterocycles. The number of carbonyl (C=O) groups is 1. The molecule has 0 unspecified atom stereocenters. The van der Waals surface area contributed by atoms with Crippen LogP contribution in [0.2, 0.25) is 0 Å². The highest BCUT2D eigenvalue weighted by molar-refractivity contribution is 5.78. The summed E-state index contributed by atoms with van der Waals surface area (Å²) >= 11 is 0. The van der Waals surface area contributed by atoms with Gasteiger partial charge in [-0.2, -0.15) is 0 Å². The van der Waals surface area contributed by atoms with Gasteiger partial charge in [-0.1, -0.05) is 0 Å². The van der Waals surface area contributed by atoms with Crippen LogP contribution in [0.1, 0.15) is 31.0 Å². The van der Waals surface area contributed by atoms with E-state index in [4.69, 9.17) is 4.74 Å². The molecule has 2 heterocycles. The lowest BCUT2D eigenvalue weighted by Gasteiger charge is -2.35. The second-order valence-corrected chi connectivity index (χ2v) is 4.16. The van der Waals surface area contributed by atoms with Crippen molar-refractivity contribution in [3.05, 3.63) is 24.3 Å². The molecule has 0 radical (unpaired) electrons. The van der Waals surface area contributed by atoms with Crippen LogP contribution in [0.15, 0.2) is 18.6 Å². The van der Waals surface area contributed by atoms with Gasteiger partial charge in [-0.15, -0.1) is 0 Å². The van der Waals surface area contributed by atoms with Crippen LogP contribution in [0.25, 0.3) is 0 Å². The Hall–Kier alpha value is -1.49. The molecule has 0 aromatic carbocycles. The molecule has 1 aromatic rings. The summed E-state index contributed by atoms with van der Waals surface area (Å²) in [4.78, 5) is 22.2. The predicted octanol–water partition coefficient (Wildman–Crippen LogP) is 1.18. The SMILES string of the molecule is COCC(=O)N1CCCC[C@H]1c1cnccn1. The van der Waals surface area contributed by atoms with Crippen LogP contribution < -0.4 is 0 Å². The number of ether oxygens (including phenoxy) is 1. The van der Waals surface area contributed by atoms with Crippen molar-refractivity contribution < 1.29 is 9.53 Å². The van der Waals surface area contributed by atoms with Crippen LogP contribution in [0, 0.1) is 0 Å². The number of amides is 1. The molecule has 0 saturated carbocycles. The zero-order valence-electron chi connectivity index (χ0n) is 10.0. The van der Waals surface area contributed by atoms with E-state index in [0.29, 0.717) is 0 Å². The van der Waals surface area contributed by atoms with Gasteiger partial charge in [0.15, 0.2) is 0 Å². The molecule has 2 rings (SSSR count). The average Bonchev–Trinajstić information content (AvgIpc) is 2.40. The second kappa shape index (κ2) is 5.72. The van der Waals surface area contributed by atoms with Crippen LogP contribution in [0.3, 0.4) is 0 Å². The summed E-state index contributed by atoms with van der Waals surface area (Å²) in [5.74, 6) is 0.0304. The van der Waals surface area contributed by atoms with Crippen molar-refractivity contribution in [2.75, 3.05) is 20.3 Å². The maximum absolute atomic E-state index is 11.9. The first-order valence-electron chi connectivity index (χ1n) is 5.87. The molecular formula is C12H17N3O2. The Balaban J connectivity index is 2.15. The van der Waals surface area contributed by atoms with E-state index in [1.807, 2.05) is 4.90 Å². The zero-order valence-corrected chi connectivity index (χ0v) is 10.0. The van der Waals surface area contributed by atoms with Gasteiger partial charge in [0.1, 0.15) is 6.61 Å². The van der Waals surface area contributed by atoms with Gasteiger partial charge in [-0.25, -0.2) is 0 Å². The highest BCUT2D eigenvalue weighted by Gasteiger charge is 2.28. The van der Waals surface area contributed by atoms with Crippen LogP contribution in [-0.2, 0) is 9.53 Å². The second-order valence-electron chi connectivity index (χ2n) is 4.16. The third-order valence-electron chi connectivity index (χ3n) is 3.02. The van der Waals surface area contributed by atoms with Crippen LogP contribution in [-0.4, -0.2) is 41.0 Å². The Morgan fingerprint density at radius 2 is 2.41 bits per heavy atom. The maximum Gasteiger partial charge on any atom is 0.249 e. The smallest absolute Gasteiger partial charge is 0.249 e. The van der Waals surface area contributed by atoms with Crippen molar-refractivity contribution in [3.63, 3.8) is 0 Å². The molecule has 0 spiro atoms. The van der Waals surface area contributed by atoms with E-state index in [1.165, 1.54) is 0 Å². The molecule has 92 valence electrons. The summed E-state index contributed by atoms with van der Waals surface area (Å²) in [6.07, 6.45) is 8.18. The molecule has 5 heteroatoms. The van der Waals surface area contributed by atoms with Crippen molar-refractivity contribution in [2.45, 2.75) is 25.3 Å². The van der Waals surface area contributed by atoms with Crippen LogP contribution >= 0.6 is 0 Å². The average molecular weight is 235 g/mol. The Morgan fingerprint density at radius 3 is 3.12 bits per heavy atom. The van der Waals surface area contributed by atoms with Crippen LogP contribution in [0.5, 0.6) is 0 Å². The number of hydrogen-bond donors (Lipinski definition) is 0. The van der Waals surface area contributed by atoms with E-state index in [-0.39, 0.29) is 18.6 Å². The summed E-state index contributed by atoms with van der Waals surface area (Å²) in [6.45, 7) is 0.917. The van der Waals surface area contributed by atoms with Gasteiger partial charge in [0.2, 0.25) is 5.91 Å². The third kappa shape index (κ3) is 2.79. The highest BCUT2D eigenvalue weighted by Crippen LogP contribution is 2.29. The quantitative estimate of drug-likeness (QED) is 0.789. The molecule has 1 fully saturated rings. The number of aromatic nitrogens is 2. The minimum atomic E-state index is 0.0304. The van der Waals surface area contributed by atoms with E-state index >= 15 is 0 Å². The molecular weight excluding hydrogens is 218 g/mol. The van der Waals surface area contributed by atoms with Crippen molar-refractivity contribution >= 4 is 5.91 Å². The van der Waals surface area contributed by atoms with Gasteiger partial charge in [-0.05, 0) is 19.3 Å². The van der Waals surface area contributed by atoms with Crippen molar-refractivity contribution in [3.8, 4) is 0 Å². The fraction of sp³-hybridized carbons (Fsp3) is 0.583. The largest absolute Gasteiger partial charge is 0.375 e. The Bertz CT molecular complexity index is 369. The summed E-state index contributed by atoms with van der Waals surface area (Å²) < 4.78 is 4.91. The molecule has 1 aliphatic rings. The number of piperidine rings is 1. The Kier molecular flexibility index (Phi) is 4.03. The lowest BCUT2D eigenvalue weighted by molar-refractivity contribution is -0.139. The number of hydrogen-bond acceptors (Lipinski definition) is 4. The lowest BCUT2D eigenvalue weighted by Crippen LogP contribution is -2.40. The van der Waals surface area contributed by atoms with Gasteiger partial charge in [0.25, 0.3) is 0 Å². The summed E-state index contributed by atoms with van der Waals surface area (Å²) in [7, 11) is 1.54. The number of carbonyl (C=O) groups excluding carboxylic acids is 1.